The molecular formula is C6H13NO4. The molecule has 1 fully saturated rings. The van der Waals surface area contributed by atoms with E-state index in [0.717, 1.165) is 0 Å². The number of hydrogen-bond donors (Lipinski definition) is 4. The molecule has 1 rings (SSSR count). The van der Waals surface area contributed by atoms with Gasteiger partial charge in [0, 0.05) is 0 Å². The van der Waals surface area contributed by atoms with E-state index in [2.05, 4.69) is 0 Å². The molecule has 11 heavy (non-hydrogen) atoms. The summed E-state index contributed by atoms with van der Waals surface area (Å²) < 4.78 is 4.94. The average Bonchev–Trinajstić information content (AvgIpc) is 2.31. The number of aliphatic hydroxyl groups excluding tert-OH is 3. The van der Waals surface area contributed by atoms with Crippen molar-refractivity contribution in [2.45, 2.75) is 17.7 Å². The molecule has 1 aliphatic heterocycles. The van der Waals surface area contributed by atoms with Crippen molar-refractivity contribution in [2.24, 2.45) is 5.73 Å². The predicted octanol–water partition coefficient (Wildman–Crippen LogP) is -2.57. The Morgan fingerprint density at radius 1 is 1.55 bits per heavy atom. The van der Waals surface area contributed by atoms with Gasteiger partial charge < -0.3 is 25.8 Å². The highest BCUT2D eigenvalue weighted by molar-refractivity contribution is 5.00. The maximum atomic E-state index is 9.34. The summed E-state index contributed by atoms with van der Waals surface area (Å²) in [5.41, 5.74) is 4.43. The van der Waals surface area contributed by atoms with Crippen molar-refractivity contribution in [1.29, 1.82) is 0 Å². The third kappa shape index (κ3) is 1.38. The Labute approximate surface area is 64.4 Å². The molecule has 3 atom stereocenters. The minimum atomic E-state index is -1.10. The first kappa shape index (κ1) is 8.89. The van der Waals surface area contributed by atoms with Crippen molar-refractivity contribution in [1.82, 2.24) is 0 Å². The number of hydrogen-bond acceptors (Lipinski definition) is 5. The van der Waals surface area contributed by atoms with Gasteiger partial charge in [-0.25, -0.2) is 0 Å². The van der Waals surface area contributed by atoms with Crippen LogP contribution in [-0.4, -0.2) is 52.9 Å². The fourth-order valence-corrected chi connectivity index (χ4v) is 1.10. The Morgan fingerprint density at radius 3 is 2.45 bits per heavy atom. The van der Waals surface area contributed by atoms with Gasteiger partial charge in [0.05, 0.1) is 25.4 Å². The van der Waals surface area contributed by atoms with Crippen LogP contribution in [0.5, 0.6) is 0 Å². The van der Waals surface area contributed by atoms with Crippen LogP contribution in [0.4, 0.5) is 0 Å². The molecule has 0 aromatic rings. The Kier molecular flexibility index (Phi) is 2.46. The maximum Gasteiger partial charge on any atom is 0.108 e. The van der Waals surface area contributed by atoms with Crippen LogP contribution < -0.4 is 5.73 Å². The summed E-state index contributed by atoms with van der Waals surface area (Å²) in [6, 6.07) is 0. The van der Waals surface area contributed by atoms with Gasteiger partial charge in [-0.1, -0.05) is 0 Å². The molecular weight excluding hydrogens is 150 g/mol. The zero-order valence-electron chi connectivity index (χ0n) is 6.10. The topological polar surface area (TPSA) is 95.9 Å². The predicted molar refractivity (Wildman–Crippen MR) is 36.8 cm³/mol. The van der Waals surface area contributed by atoms with Crippen LogP contribution >= 0.6 is 0 Å². The van der Waals surface area contributed by atoms with Crippen molar-refractivity contribution in [3.63, 3.8) is 0 Å². The quantitative estimate of drug-likeness (QED) is 0.359. The van der Waals surface area contributed by atoms with E-state index in [-0.39, 0.29) is 19.8 Å². The maximum absolute atomic E-state index is 9.34. The Bertz CT molecular complexity index is 143. The molecule has 5 nitrogen and oxygen atoms in total. The smallest absolute Gasteiger partial charge is 0.108 e. The number of nitrogens with two attached hydrogens (primary N) is 1. The molecule has 0 bridgehead atoms. The lowest BCUT2D eigenvalue weighted by molar-refractivity contribution is -0.00254. The molecule has 5 N–H and O–H groups in total. The van der Waals surface area contributed by atoms with Crippen LogP contribution in [0.15, 0.2) is 0 Å². The fraction of sp³-hybridized carbons (Fsp3) is 1.00. The van der Waals surface area contributed by atoms with Crippen molar-refractivity contribution < 1.29 is 20.1 Å². The van der Waals surface area contributed by atoms with Gasteiger partial charge in [0.15, 0.2) is 0 Å². The molecule has 0 aromatic heterocycles. The Hall–Kier alpha value is -0.200. The van der Waals surface area contributed by atoms with Crippen molar-refractivity contribution in [3.05, 3.63) is 0 Å². The zero-order chi connectivity index (χ0) is 8.48. The van der Waals surface area contributed by atoms with Gasteiger partial charge in [-0.2, -0.15) is 0 Å². The van der Waals surface area contributed by atoms with Crippen molar-refractivity contribution >= 4 is 0 Å². The highest BCUT2D eigenvalue weighted by Gasteiger charge is 2.45. The molecule has 0 saturated carbocycles. The monoisotopic (exact) mass is 163 g/mol. The van der Waals surface area contributed by atoms with E-state index < -0.39 is 17.7 Å². The second-order valence-corrected chi connectivity index (χ2v) is 2.87. The van der Waals surface area contributed by atoms with Crippen molar-refractivity contribution in [3.8, 4) is 0 Å². The highest BCUT2D eigenvalue weighted by Crippen LogP contribution is 2.21. The van der Waals surface area contributed by atoms with Gasteiger partial charge >= 0.3 is 0 Å². The van der Waals surface area contributed by atoms with Gasteiger partial charge in [-0.05, 0) is 0 Å². The molecule has 66 valence electrons. The summed E-state index contributed by atoms with van der Waals surface area (Å²) in [6.07, 6.45) is -1.65. The van der Waals surface area contributed by atoms with E-state index in [4.69, 9.17) is 20.7 Å². The van der Waals surface area contributed by atoms with Crippen LogP contribution in [-0.2, 0) is 4.74 Å². The van der Waals surface area contributed by atoms with Gasteiger partial charge in [-0.3, -0.25) is 0 Å². The lowest BCUT2D eigenvalue weighted by atomic mass is 9.95. The SMILES string of the molecule is NC1(CO)COC(CO)C1O. The Balaban J connectivity index is 2.61. The molecule has 0 amide bonds. The first-order valence-corrected chi connectivity index (χ1v) is 3.44. The number of rotatable bonds is 2. The first-order chi connectivity index (χ1) is 5.14. The van der Waals surface area contributed by atoms with Gasteiger partial charge in [0.2, 0.25) is 0 Å². The molecule has 3 unspecified atom stereocenters. The van der Waals surface area contributed by atoms with E-state index in [1.54, 1.807) is 0 Å². The van der Waals surface area contributed by atoms with Gasteiger partial charge in [0.25, 0.3) is 0 Å². The van der Waals surface area contributed by atoms with Crippen molar-refractivity contribution in [2.75, 3.05) is 19.8 Å². The van der Waals surface area contributed by atoms with Crippen LogP contribution in [0.2, 0.25) is 0 Å². The summed E-state index contributed by atoms with van der Waals surface area (Å²) in [6.45, 7) is -0.541. The average molecular weight is 163 g/mol. The van der Waals surface area contributed by atoms with Gasteiger partial charge in [0.1, 0.15) is 12.2 Å². The third-order valence-electron chi connectivity index (χ3n) is 1.98. The van der Waals surface area contributed by atoms with Crippen LogP contribution in [0.25, 0.3) is 0 Å². The zero-order valence-corrected chi connectivity index (χ0v) is 6.10. The van der Waals surface area contributed by atoms with E-state index >= 15 is 0 Å². The van der Waals surface area contributed by atoms with E-state index in [1.807, 2.05) is 0 Å². The molecule has 0 spiro atoms. The molecule has 0 aliphatic carbocycles. The first-order valence-electron chi connectivity index (χ1n) is 3.44. The Morgan fingerprint density at radius 2 is 2.18 bits per heavy atom. The summed E-state index contributed by atoms with van der Waals surface area (Å²) >= 11 is 0. The standard InChI is InChI=1S/C6H13NO4/c7-6(2-9)3-11-4(1-8)5(6)10/h4-5,8-10H,1-3,7H2. The summed E-state index contributed by atoms with van der Waals surface area (Å²) in [4.78, 5) is 0. The molecule has 5 heteroatoms. The summed E-state index contributed by atoms with van der Waals surface area (Å²) in [7, 11) is 0. The largest absolute Gasteiger partial charge is 0.394 e. The molecule has 0 radical (unpaired) electrons. The molecule has 1 saturated heterocycles. The fourth-order valence-electron chi connectivity index (χ4n) is 1.10. The molecule has 1 aliphatic rings. The van der Waals surface area contributed by atoms with Crippen LogP contribution in [0.1, 0.15) is 0 Å². The van der Waals surface area contributed by atoms with Gasteiger partial charge in [-0.15, -0.1) is 0 Å². The molecule has 1 heterocycles. The second-order valence-electron chi connectivity index (χ2n) is 2.87. The number of ether oxygens (including phenoxy) is 1. The lowest BCUT2D eigenvalue weighted by Gasteiger charge is -2.24. The highest BCUT2D eigenvalue weighted by atomic mass is 16.5. The molecule has 0 aromatic carbocycles. The van der Waals surface area contributed by atoms with E-state index in [9.17, 15) is 5.11 Å². The minimum absolute atomic E-state index is 0.0793. The summed E-state index contributed by atoms with van der Waals surface area (Å²) in [5, 5.41) is 26.7. The van der Waals surface area contributed by atoms with E-state index in [0.29, 0.717) is 0 Å². The minimum Gasteiger partial charge on any atom is -0.394 e. The number of aliphatic hydroxyl groups is 3. The second kappa shape index (κ2) is 3.04. The van der Waals surface area contributed by atoms with Crippen LogP contribution in [0, 0.1) is 0 Å². The third-order valence-corrected chi connectivity index (χ3v) is 1.98. The van der Waals surface area contributed by atoms with Crippen LogP contribution in [0.3, 0.4) is 0 Å². The van der Waals surface area contributed by atoms with E-state index in [1.165, 1.54) is 0 Å². The normalized spacial score (nSPS) is 44.7. The summed E-state index contributed by atoms with van der Waals surface area (Å²) in [5.74, 6) is 0. The lowest BCUT2D eigenvalue weighted by Crippen LogP contribution is -2.55.